The first-order valence-electron chi connectivity index (χ1n) is 9.99. The number of esters is 1. The molecule has 0 bridgehead atoms. The quantitative estimate of drug-likeness (QED) is 0.504. The van der Waals surface area contributed by atoms with Gasteiger partial charge in [-0.25, -0.2) is 0 Å². The van der Waals surface area contributed by atoms with Gasteiger partial charge in [-0.3, -0.25) is 34.4 Å². The molecule has 3 amide bonds. The molecule has 0 radical (unpaired) electrons. The van der Waals surface area contributed by atoms with Gasteiger partial charge in [0.1, 0.15) is 0 Å². The van der Waals surface area contributed by atoms with Crippen LogP contribution in [0.15, 0.2) is 48.5 Å². The molecule has 9 heteroatoms. The Morgan fingerprint density at radius 3 is 2.41 bits per heavy atom. The molecule has 2 N–H and O–H groups in total. The SMILES string of the molecule is CC(=O)c1ccc(NC(=O)COC(=O)[C@H]2CC(=O)N(NC(=O)c3ccccc3C)C2)cc1. The fourth-order valence-electron chi connectivity index (χ4n) is 3.22. The Hall–Kier alpha value is -4.01. The van der Waals surface area contributed by atoms with E-state index < -0.39 is 36.2 Å². The Kier molecular flexibility index (Phi) is 6.99. The smallest absolute Gasteiger partial charge is 0.311 e. The Morgan fingerprint density at radius 2 is 1.75 bits per heavy atom. The molecule has 2 aromatic carbocycles. The van der Waals surface area contributed by atoms with E-state index >= 15 is 0 Å². The zero-order chi connectivity index (χ0) is 23.3. The van der Waals surface area contributed by atoms with Crippen molar-refractivity contribution in [3.8, 4) is 0 Å². The van der Waals surface area contributed by atoms with Crippen molar-refractivity contribution in [2.75, 3.05) is 18.5 Å². The summed E-state index contributed by atoms with van der Waals surface area (Å²) in [6.45, 7) is 2.66. The van der Waals surface area contributed by atoms with E-state index in [1.54, 1.807) is 55.5 Å². The highest BCUT2D eigenvalue weighted by Gasteiger charge is 2.36. The van der Waals surface area contributed by atoms with Crippen LogP contribution >= 0.6 is 0 Å². The first-order chi connectivity index (χ1) is 15.2. The summed E-state index contributed by atoms with van der Waals surface area (Å²) >= 11 is 0. The second kappa shape index (κ2) is 9.86. The number of aryl methyl sites for hydroxylation is 1. The first kappa shape index (κ1) is 22.7. The molecule has 1 aliphatic heterocycles. The number of nitrogens with one attached hydrogen (secondary N) is 2. The lowest BCUT2D eigenvalue weighted by Gasteiger charge is -2.18. The van der Waals surface area contributed by atoms with E-state index in [0.29, 0.717) is 16.8 Å². The van der Waals surface area contributed by atoms with Gasteiger partial charge in [-0.15, -0.1) is 0 Å². The maximum atomic E-state index is 12.4. The lowest BCUT2D eigenvalue weighted by Crippen LogP contribution is -2.43. The molecule has 1 fully saturated rings. The fraction of sp³-hybridized carbons (Fsp3) is 0.261. The largest absolute Gasteiger partial charge is 0.455 e. The molecule has 1 saturated heterocycles. The third-order valence-corrected chi connectivity index (χ3v) is 5.01. The second-order valence-electron chi connectivity index (χ2n) is 7.45. The summed E-state index contributed by atoms with van der Waals surface area (Å²) < 4.78 is 5.03. The minimum Gasteiger partial charge on any atom is -0.455 e. The molecule has 166 valence electrons. The summed E-state index contributed by atoms with van der Waals surface area (Å²) in [5.41, 5.74) is 4.67. The second-order valence-corrected chi connectivity index (χ2v) is 7.45. The maximum absolute atomic E-state index is 12.4. The van der Waals surface area contributed by atoms with Crippen LogP contribution in [-0.4, -0.2) is 47.6 Å². The summed E-state index contributed by atoms with van der Waals surface area (Å²) in [6, 6.07) is 13.2. The van der Waals surface area contributed by atoms with E-state index in [2.05, 4.69) is 10.7 Å². The number of rotatable bonds is 7. The van der Waals surface area contributed by atoms with Crippen molar-refractivity contribution in [2.45, 2.75) is 20.3 Å². The van der Waals surface area contributed by atoms with Crippen LogP contribution in [0.4, 0.5) is 5.69 Å². The van der Waals surface area contributed by atoms with Gasteiger partial charge in [0, 0.05) is 23.2 Å². The number of amides is 3. The molecule has 32 heavy (non-hydrogen) atoms. The van der Waals surface area contributed by atoms with Gasteiger partial charge in [0.05, 0.1) is 12.5 Å². The highest BCUT2D eigenvalue weighted by atomic mass is 16.5. The molecule has 0 aliphatic carbocycles. The number of ketones is 1. The molecule has 0 unspecified atom stereocenters. The Bertz CT molecular complexity index is 1060. The average molecular weight is 437 g/mol. The number of nitrogens with zero attached hydrogens (tertiary/aromatic N) is 1. The Labute approximate surface area is 184 Å². The molecule has 1 aliphatic rings. The van der Waals surface area contributed by atoms with E-state index in [9.17, 15) is 24.0 Å². The third-order valence-electron chi connectivity index (χ3n) is 5.01. The molecule has 9 nitrogen and oxygen atoms in total. The van der Waals surface area contributed by atoms with Crippen molar-refractivity contribution in [3.05, 3.63) is 65.2 Å². The first-order valence-corrected chi connectivity index (χ1v) is 9.99. The minimum atomic E-state index is -0.790. The summed E-state index contributed by atoms with van der Waals surface area (Å²) in [5, 5.41) is 3.65. The number of hydrazine groups is 1. The van der Waals surface area contributed by atoms with Crippen LogP contribution in [0.5, 0.6) is 0 Å². The molecule has 1 heterocycles. The van der Waals surface area contributed by atoms with Crippen molar-refractivity contribution in [1.29, 1.82) is 0 Å². The van der Waals surface area contributed by atoms with Gasteiger partial charge in [-0.2, -0.15) is 0 Å². The molecular formula is C23H23N3O6. The highest BCUT2D eigenvalue weighted by molar-refractivity contribution is 5.98. The average Bonchev–Trinajstić information content (AvgIpc) is 3.13. The Morgan fingerprint density at radius 1 is 1.06 bits per heavy atom. The van der Waals surface area contributed by atoms with Gasteiger partial charge in [-0.05, 0) is 49.7 Å². The standard InChI is InChI=1S/C23H23N3O6/c1-14-5-3-4-6-19(14)22(30)25-26-12-17(11-21(26)29)23(31)32-13-20(28)24-18-9-7-16(8-10-18)15(2)27/h3-10,17H,11-13H2,1-2H3,(H,24,28)(H,25,30)/t17-/m0/s1. The van der Waals surface area contributed by atoms with Crippen molar-refractivity contribution >= 4 is 35.2 Å². The van der Waals surface area contributed by atoms with Crippen molar-refractivity contribution < 1.29 is 28.7 Å². The van der Waals surface area contributed by atoms with E-state index in [0.717, 1.165) is 10.6 Å². The van der Waals surface area contributed by atoms with E-state index in [1.807, 2.05) is 0 Å². The molecule has 0 aromatic heterocycles. The van der Waals surface area contributed by atoms with Gasteiger partial charge in [0.15, 0.2) is 12.4 Å². The Balaban J connectivity index is 1.48. The van der Waals surface area contributed by atoms with Crippen LogP contribution < -0.4 is 10.7 Å². The van der Waals surface area contributed by atoms with E-state index in [4.69, 9.17) is 4.74 Å². The molecule has 2 aromatic rings. The highest BCUT2D eigenvalue weighted by Crippen LogP contribution is 2.18. The van der Waals surface area contributed by atoms with Crippen LogP contribution in [0, 0.1) is 12.8 Å². The normalized spacial score (nSPS) is 15.2. The van der Waals surface area contributed by atoms with Crippen LogP contribution in [0.1, 0.15) is 39.6 Å². The van der Waals surface area contributed by atoms with Gasteiger partial charge < -0.3 is 10.1 Å². The van der Waals surface area contributed by atoms with Crippen LogP contribution in [-0.2, 0) is 19.1 Å². The third kappa shape index (κ3) is 5.57. The minimum absolute atomic E-state index is 0.0383. The van der Waals surface area contributed by atoms with E-state index in [1.165, 1.54) is 6.92 Å². The van der Waals surface area contributed by atoms with Gasteiger partial charge in [0.2, 0.25) is 5.91 Å². The molecule has 0 saturated carbocycles. The summed E-state index contributed by atoms with van der Waals surface area (Å²) in [4.78, 5) is 60.2. The zero-order valence-electron chi connectivity index (χ0n) is 17.7. The lowest BCUT2D eigenvalue weighted by molar-refractivity contribution is -0.151. The number of benzene rings is 2. The summed E-state index contributed by atoms with van der Waals surface area (Å²) in [6.07, 6.45) is -0.124. The topological polar surface area (TPSA) is 122 Å². The van der Waals surface area contributed by atoms with Gasteiger partial charge in [-0.1, -0.05) is 18.2 Å². The summed E-state index contributed by atoms with van der Waals surface area (Å²) in [5.74, 6) is -2.99. The van der Waals surface area contributed by atoms with E-state index in [-0.39, 0.29) is 18.7 Å². The monoisotopic (exact) mass is 437 g/mol. The lowest BCUT2D eigenvalue weighted by atomic mass is 10.1. The number of hydrogen-bond acceptors (Lipinski definition) is 6. The van der Waals surface area contributed by atoms with Gasteiger partial charge >= 0.3 is 5.97 Å². The predicted molar refractivity (Wildman–Crippen MR) is 115 cm³/mol. The van der Waals surface area contributed by atoms with Crippen LogP contribution in [0.3, 0.4) is 0 Å². The van der Waals surface area contributed by atoms with Crippen molar-refractivity contribution in [3.63, 3.8) is 0 Å². The number of anilines is 1. The number of Topliss-reactive ketones (excluding diaryl/α,β-unsaturated/α-hetero) is 1. The maximum Gasteiger partial charge on any atom is 0.311 e. The molecule has 1 atom stereocenters. The van der Waals surface area contributed by atoms with Crippen LogP contribution in [0.2, 0.25) is 0 Å². The predicted octanol–water partition coefficient (Wildman–Crippen LogP) is 1.87. The number of carbonyl (C=O) groups excluding carboxylic acids is 5. The molecular weight excluding hydrogens is 414 g/mol. The molecule has 0 spiro atoms. The zero-order valence-corrected chi connectivity index (χ0v) is 17.7. The molecule has 3 rings (SSSR count). The van der Waals surface area contributed by atoms with Crippen LogP contribution in [0.25, 0.3) is 0 Å². The number of hydrogen-bond donors (Lipinski definition) is 2. The fourth-order valence-corrected chi connectivity index (χ4v) is 3.22. The number of carbonyl (C=O) groups is 5. The van der Waals surface area contributed by atoms with Crippen molar-refractivity contribution in [2.24, 2.45) is 5.92 Å². The number of ether oxygens (including phenoxy) is 1. The summed E-state index contributed by atoms with van der Waals surface area (Å²) in [7, 11) is 0. The van der Waals surface area contributed by atoms with Gasteiger partial charge in [0.25, 0.3) is 11.8 Å². The van der Waals surface area contributed by atoms with Crippen molar-refractivity contribution in [1.82, 2.24) is 10.4 Å².